The Morgan fingerprint density at radius 3 is 2.53 bits per heavy atom. The highest BCUT2D eigenvalue weighted by Crippen LogP contribution is 2.35. The number of benzene rings is 3. The maximum absolute atomic E-state index is 12.7. The van der Waals surface area contributed by atoms with Crippen molar-refractivity contribution in [3.63, 3.8) is 0 Å². The minimum atomic E-state index is -1.29. The van der Waals surface area contributed by atoms with Crippen LogP contribution >= 0.6 is 15.9 Å². The van der Waals surface area contributed by atoms with Crippen molar-refractivity contribution in [1.29, 1.82) is 0 Å². The predicted molar refractivity (Wildman–Crippen MR) is 130 cm³/mol. The summed E-state index contributed by atoms with van der Waals surface area (Å²) in [5.41, 5.74) is 2.72. The smallest absolute Gasteiger partial charge is 0.257 e. The fourth-order valence-electron chi connectivity index (χ4n) is 3.09. The van der Waals surface area contributed by atoms with Gasteiger partial charge < -0.3 is 19.9 Å². The summed E-state index contributed by atoms with van der Waals surface area (Å²) in [6.07, 6.45) is -0.510. The lowest BCUT2D eigenvalue weighted by Crippen LogP contribution is -2.21. The number of carbonyl (C=O) groups excluding carboxylic acids is 1. The number of hydrogen-bond donors (Lipinski definition) is 2. The second-order valence-corrected chi connectivity index (χ2v) is 7.77. The molecule has 1 atom stereocenters. The van der Waals surface area contributed by atoms with Crippen molar-refractivity contribution in [2.24, 2.45) is 0 Å². The Bertz CT molecular complexity index is 1130. The van der Waals surface area contributed by atoms with Crippen LogP contribution in [0.25, 0.3) is 11.1 Å². The summed E-state index contributed by atoms with van der Waals surface area (Å²) >= 11 is 3.35. The molecule has 3 rings (SSSR count). The number of rotatable bonds is 7. The SMILES string of the molecule is CCC#CCOc1ccc(-c2ccccc2NC(=O)C(O)c2ccc(Br)cc2)cc1OC. The summed E-state index contributed by atoms with van der Waals surface area (Å²) in [4.78, 5) is 12.7. The van der Waals surface area contributed by atoms with Gasteiger partial charge in [-0.1, -0.05) is 65.2 Å². The Morgan fingerprint density at radius 2 is 1.81 bits per heavy atom. The molecule has 0 aliphatic heterocycles. The fraction of sp³-hybridized carbons (Fsp3) is 0.192. The van der Waals surface area contributed by atoms with Crippen molar-refractivity contribution < 1.29 is 19.4 Å². The number of anilines is 1. The maximum atomic E-state index is 12.7. The molecule has 6 heteroatoms. The highest BCUT2D eigenvalue weighted by atomic mass is 79.9. The predicted octanol–water partition coefficient (Wildman–Crippen LogP) is 5.59. The largest absolute Gasteiger partial charge is 0.493 e. The van der Waals surface area contributed by atoms with Crippen LogP contribution in [0, 0.1) is 11.8 Å². The van der Waals surface area contributed by atoms with Crippen LogP contribution in [0.15, 0.2) is 71.2 Å². The fourth-order valence-corrected chi connectivity index (χ4v) is 3.35. The van der Waals surface area contributed by atoms with E-state index >= 15 is 0 Å². The summed E-state index contributed by atoms with van der Waals surface area (Å²) in [6.45, 7) is 2.26. The minimum Gasteiger partial charge on any atom is -0.493 e. The third-order valence-electron chi connectivity index (χ3n) is 4.70. The van der Waals surface area contributed by atoms with Crippen LogP contribution in [0.2, 0.25) is 0 Å². The van der Waals surface area contributed by atoms with Gasteiger partial charge in [-0.05, 0) is 41.5 Å². The van der Waals surface area contributed by atoms with Gasteiger partial charge in [0.2, 0.25) is 0 Å². The van der Waals surface area contributed by atoms with Crippen molar-refractivity contribution in [1.82, 2.24) is 0 Å². The second kappa shape index (κ2) is 11.4. The van der Waals surface area contributed by atoms with E-state index in [1.165, 1.54) is 0 Å². The van der Waals surface area contributed by atoms with Crippen LogP contribution in [-0.2, 0) is 4.79 Å². The molecule has 1 amide bonds. The van der Waals surface area contributed by atoms with E-state index in [1.807, 2.05) is 43.3 Å². The first-order valence-corrected chi connectivity index (χ1v) is 10.9. The Hall–Kier alpha value is -3.27. The van der Waals surface area contributed by atoms with Crippen LogP contribution in [0.5, 0.6) is 11.5 Å². The molecular weight excluding hydrogens is 470 g/mol. The number of halogens is 1. The zero-order chi connectivity index (χ0) is 22.9. The normalized spacial score (nSPS) is 11.1. The molecule has 0 fully saturated rings. The highest BCUT2D eigenvalue weighted by Gasteiger charge is 2.19. The summed E-state index contributed by atoms with van der Waals surface area (Å²) in [7, 11) is 1.58. The van der Waals surface area contributed by atoms with E-state index in [2.05, 4.69) is 33.1 Å². The van der Waals surface area contributed by atoms with Gasteiger partial charge in [-0.2, -0.15) is 0 Å². The average Bonchev–Trinajstić information content (AvgIpc) is 2.82. The molecule has 0 heterocycles. The topological polar surface area (TPSA) is 67.8 Å². The van der Waals surface area contributed by atoms with E-state index in [1.54, 1.807) is 37.4 Å². The van der Waals surface area contributed by atoms with Crippen LogP contribution in [0.3, 0.4) is 0 Å². The van der Waals surface area contributed by atoms with Gasteiger partial charge in [-0.15, -0.1) is 5.92 Å². The summed E-state index contributed by atoms with van der Waals surface area (Å²) in [5.74, 6) is 6.55. The Balaban J connectivity index is 1.82. The molecule has 164 valence electrons. The Labute approximate surface area is 196 Å². The summed E-state index contributed by atoms with van der Waals surface area (Å²) in [6, 6.07) is 19.9. The van der Waals surface area contributed by atoms with E-state index in [0.29, 0.717) is 22.7 Å². The monoisotopic (exact) mass is 493 g/mol. The lowest BCUT2D eigenvalue weighted by atomic mass is 10.0. The van der Waals surface area contributed by atoms with Crippen molar-refractivity contribution >= 4 is 27.5 Å². The molecule has 32 heavy (non-hydrogen) atoms. The van der Waals surface area contributed by atoms with E-state index in [-0.39, 0.29) is 6.61 Å². The number of aliphatic hydroxyl groups excluding tert-OH is 1. The van der Waals surface area contributed by atoms with Crippen molar-refractivity contribution in [2.45, 2.75) is 19.4 Å². The molecule has 3 aromatic carbocycles. The third kappa shape index (κ3) is 5.91. The molecule has 3 aromatic rings. The molecule has 1 unspecified atom stereocenters. The zero-order valence-electron chi connectivity index (χ0n) is 17.9. The van der Waals surface area contributed by atoms with Crippen LogP contribution in [0.4, 0.5) is 5.69 Å². The van der Waals surface area contributed by atoms with Gasteiger partial charge in [0.25, 0.3) is 5.91 Å². The number of para-hydroxylation sites is 1. The van der Waals surface area contributed by atoms with Crippen LogP contribution in [0.1, 0.15) is 25.0 Å². The van der Waals surface area contributed by atoms with Crippen LogP contribution in [-0.4, -0.2) is 24.7 Å². The van der Waals surface area contributed by atoms with Gasteiger partial charge in [0.1, 0.15) is 6.61 Å². The molecule has 2 N–H and O–H groups in total. The molecule has 0 saturated carbocycles. The number of ether oxygens (including phenoxy) is 2. The molecule has 0 bridgehead atoms. The number of methoxy groups -OCH3 is 1. The van der Waals surface area contributed by atoms with E-state index < -0.39 is 12.0 Å². The number of amides is 1. The molecule has 0 aromatic heterocycles. The van der Waals surface area contributed by atoms with Gasteiger partial charge in [0, 0.05) is 22.1 Å². The first-order valence-electron chi connectivity index (χ1n) is 10.1. The molecular formula is C26H24BrNO4. The van der Waals surface area contributed by atoms with Crippen molar-refractivity contribution in [2.75, 3.05) is 19.0 Å². The standard InChI is InChI=1S/C26H24BrNO4/c1-3-4-7-16-32-23-15-12-19(17-24(23)31-2)21-8-5-6-9-22(21)28-26(30)25(29)18-10-13-20(27)14-11-18/h5-6,8-15,17,25,29H,3,16H2,1-2H3,(H,28,30). The quantitative estimate of drug-likeness (QED) is 0.421. The zero-order valence-corrected chi connectivity index (χ0v) is 19.5. The highest BCUT2D eigenvalue weighted by molar-refractivity contribution is 9.10. The summed E-state index contributed by atoms with van der Waals surface area (Å²) < 4.78 is 12.1. The van der Waals surface area contributed by atoms with Gasteiger partial charge in [-0.3, -0.25) is 4.79 Å². The Morgan fingerprint density at radius 1 is 1.06 bits per heavy atom. The van der Waals surface area contributed by atoms with Crippen LogP contribution < -0.4 is 14.8 Å². The number of aliphatic hydroxyl groups is 1. The molecule has 5 nitrogen and oxygen atoms in total. The average molecular weight is 494 g/mol. The number of hydrogen-bond acceptors (Lipinski definition) is 4. The van der Waals surface area contributed by atoms with E-state index in [9.17, 15) is 9.90 Å². The second-order valence-electron chi connectivity index (χ2n) is 6.85. The first-order chi connectivity index (χ1) is 15.5. The van der Waals surface area contributed by atoms with Gasteiger partial charge in [0.15, 0.2) is 17.6 Å². The van der Waals surface area contributed by atoms with Crippen molar-refractivity contribution in [3.8, 4) is 34.5 Å². The third-order valence-corrected chi connectivity index (χ3v) is 5.22. The minimum absolute atomic E-state index is 0.282. The van der Waals surface area contributed by atoms with E-state index in [0.717, 1.165) is 22.0 Å². The van der Waals surface area contributed by atoms with Gasteiger partial charge >= 0.3 is 0 Å². The number of nitrogens with one attached hydrogen (secondary N) is 1. The lowest BCUT2D eigenvalue weighted by molar-refractivity contribution is -0.124. The molecule has 0 saturated heterocycles. The van der Waals surface area contributed by atoms with Crippen molar-refractivity contribution in [3.05, 3.63) is 76.8 Å². The van der Waals surface area contributed by atoms with Gasteiger partial charge in [-0.25, -0.2) is 0 Å². The Kier molecular flexibility index (Phi) is 8.32. The summed E-state index contributed by atoms with van der Waals surface area (Å²) in [5, 5.41) is 13.3. The molecule has 0 spiro atoms. The van der Waals surface area contributed by atoms with E-state index in [4.69, 9.17) is 9.47 Å². The molecule has 0 aliphatic carbocycles. The molecule has 0 aliphatic rings. The number of carbonyl (C=O) groups is 1. The lowest BCUT2D eigenvalue weighted by Gasteiger charge is -2.16. The van der Waals surface area contributed by atoms with Gasteiger partial charge in [0.05, 0.1) is 7.11 Å². The first kappa shape index (κ1) is 23.4. The molecule has 0 radical (unpaired) electrons. The maximum Gasteiger partial charge on any atom is 0.257 e.